The highest BCUT2D eigenvalue weighted by Gasteiger charge is 2.25. The molecule has 0 radical (unpaired) electrons. The van der Waals surface area contributed by atoms with Gasteiger partial charge in [-0.25, -0.2) is 4.98 Å². The standard InChI is InChI=1S/C30H38N8O3S/c1-4-26(39)37-16-11-34(22(2)20-37)17-18-38-27(40)10-5-23-19-31-30(33-29(23)38)32-24-6-8-25(9-7-24)35-12-14-36(15-13-35)28(41)21-42-3/h4-10,19,22H,1,11-18,20-21H2,2-3H3,(H,31,32,33)/t22-/m0/s1. The minimum absolute atomic E-state index is 0.0456. The second kappa shape index (κ2) is 13.4. The number of nitrogens with one attached hydrogen (secondary N) is 1. The molecule has 222 valence electrons. The number of amides is 2. The van der Waals surface area contributed by atoms with Crippen molar-refractivity contribution in [2.75, 3.05) is 74.6 Å². The fourth-order valence-corrected chi connectivity index (χ4v) is 5.98. The van der Waals surface area contributed by atoms with Crippen molar-refractivity contribution in [3.05, 3.63) is 65.6 Å². The third kappa shape index (κ3) is 6.76. The molecule has 1 atom stereocenters. The van der Waals surface area contributed by atoms with Crippen LogP contribution >= 0.6 is 11.8 Å². The van der Waals surface area contributed by atoms with E-state index in [9.17, 15) is 14.4 Å². The summed E-state index contributed by atoms with van der Waals surface area (Å²) in [6, 6.07) is 11.6. The first-order chi connectivity index (χ1) is 20.4. The zero-order valence-corrected chi connectivity index (χ0v) is 25.1. The van der Waals surface area contributed by atoms with Crippen LogP contribution in [-0.4, -0.2) is 111 Å². The predicted octanol–water partition coefficient (Wildman–Crippen LogP) is 2.27. The molecule has 12 heteroatoms. The van der Waals surface area contributed by atoms with E-state index >= 15 is 0 Å². The van der Waals surface area contributed by atoms with Gasteiger partial charge in [-0.05, 0) is 49.6 Å². The van der Waals surface area contributed by atoms with Gasteiger partial charge >= 0.3 is 0 Å². The quantitative estimate of drug-likeness (QED) is 0.376. The van der Waals surface area contributed by atoms with Crippen LogP contribution < -0.4 is 15.8 Å². The Morgan fingerprint density at radius 3 is 2.45 bits per heavy atom. The van der Waals surface area contributed by atoms with Gasteiger partial charge in [0.05, 0.1) is 5.75 Å². The summed E-state index contributed by atoms with van der Waals surface area (Å²) in [7, 11) is 0. The van der Waals surface area contributed by atoms with Crippen molar-refractivity contribution in [2.24, 2.45) is 0 Å². The van der Waals surface area contributed by atoms with Gasteiger partial charge in [0, 0.05) is 94.0 Å². The summed E-state index contributed by atoms with van der Waals surface area (Å²) in [4.78, 5) is 54.6. The van der Waals surface area contributed by atoms with Crippen LogP contribution in [0.4, 0.5) is 17.3 Å². The highest BCUT2D eigenvalue weighted by Crippen LogP contribution is 2.22. The Morgan fingerprint density at radius 2 is 1.76 bits per heavy atom. The molecule has 0 bridgehead atoms. The Balaban J connectivity index is 1.23. The average molecular weight is 591 g/mol. The molecule has 2 amide bonds. The lowest BCUT2D eigenvalue weighted by Gasteiger charge is -2.39. The van der Waals surface area contributed by atoms with E-state index < -0.39 is 0 Å². The van der Waals surface area contributed by atoms with Gasteiger partial charge in [-0.1, -0.05) is 6.58 Å². The molecule has 2 aliphatic heterocycles. The van der Waals surface area contributed by atoms with Crippen molar-refractivity contribution in [1.82, 2.24) is 29.2 Å². The van der Waals surface area contributed by atoms with Gasteiger partial charge in [-0.2, -0.15) is 16.7 Å². The van der Waals surface area contributed by atoms with Crippen LogP contribution in [0.1, 0.15) is 6.92 Å². The predicted molar refractivity (Wildman–Crippen MR) is 169 cm³/mol. The summed E-state index contributed by atoms with van der Waals surface area (Å²) < 4.78 is 1.70. The lowest BCUT2D eigenvalue weighted by molar-refractivity contribution is -0.129. The van der Waals surface area contributed by atoms with Crippen LogP contribution in [0, 0.1) is 0 Å². The van der Waals surface area contributed by atoms with Gasteiger partial charge in [0.25, 0.3) is 5.56 Å². The third-order valence-electron chi connectivity index (χ3n) is 7.97. The molecule has 2 fully saturated rings. The van der Waals surface area contributed by atoms with Crippen molar-refractivity contribution in [2.45, 2.75) is 19.5 Å². The molecule has 1 aromatic carbocycles. The molecule has 0 spiro atoms. The van der Waals surface area contributed by atoms with E-state index in [-0.39, 0.29) is 23.4 Å². The van der Waals surface area contributed by atoms with E-state index in [2.05, 4.69) is 45.7 Å². The maximum Gasteiger partial charge on any atom is 0.252 e. The molecule has 1 N–H and O–H groups in total. The van der Waals surface area contributed by atoms with E-state index in [4.69, 9.17) is 4.98 Å². The summed E-state index contributed by atoms with van der Waals surface area (Å²) in [5.74, 6) is 1.11. The molecule has 2 aliphatic rings. The van der Waals surface area contributed by atoms with E-state index in [1.165, 1.54) is 6.08 Å². The molecule has 42 heavy (non-hydrogen) atoms. The molecule has 0 aliphatic carbocycles. The Labute approximate surface area is 250 Å². The van der Waals surface area contributed by atoms with E-state index in [1.807, 2.05) is 28.2 Å². The number of pyridine rings is 1. The number of benzene rings is 1. The molecule has 11 nitrogen and oxygen atoms in total. The van der Waals surface area contributed by atoms with Gasteiger partial charge in [0.1, 0.15) is 5.65 Å². The molecular formula is C30H38N8O3S. The Kier molecular flexibility index (Phi) is 9.43. The van der Waals surface area contributed by atoms with E-state index in [0.717, 1.165) is 49.5 Å². The number of piperazine rings is 2. The molecule has 3 aromatic rings. The van der Waals surface area contributed by atoms with Crippen LogP contribution in [0.5, 0.6) is 0 Å². The second-order valence-electron chi connectivity index (χ2n) is 10.6. The Hall–Kier alpha value is -3.90. The van der Waals surface area contributed by atoms with Crippen LogP contribution in [0.2, 0.25) is 0 Å². The van der Waals surface area contributed by atoms with Crippen LogP contribution in [-0.2, 0) is 16.1 Å². The SMILES string of the molecule is C=CC(=O)N1CCN(CCn2c(=O)ccc3cnc(Nc4ccc(N5CCN(C(=O)CSC)CC5)cc4)nc32)[C@@H](C)C1. The van der Waals surface area contributed by atoms with Crippen LogP contribution in [0.3, 0.4) is 0 Å². The number of aromatic nitrogens is 3. The van der Waals surface area contributed by atoms with Gasteiger partial charge in [-0.15, -0.1) is 0 Å². The van der Waals surface area contributed by atoms with Crippen molar-refractivity contribution in [3.8, 4) is 0 Å². The van der Waals surface area contributed by atoms with Gasteiger partial charge < -0.3 is 20.0 Å². The lowest BCUT2D eigenvalue weighted by atomic mass is 10.2. The first-order valence-corrected chi connectivity index (χ1v) is 15.7. The van der Waals surface area contributed by atoms with Gasteiger partial charge in [0.2, 0.25) is 17.8 Å². The number of anilines is 3. The zero-order valence-electron chi connectivity index (χ0n) is 24.2. The molecule has 4 heterocycles. The number of carbonyl (C=O) groups is 2. The summed E-state index contributed by atoms with van der Waals surface area (Å²) in [5.41, 5.74) is 2.42. The molecule has 2 saturated heterocycles. The maximum atomic E-state index is 12.9. The van der Waals surface area contributed by atoms with Crippen molar-refractivity contribution < 1.29 is 9.59 Å². The minimum atomic E-state index is -0.111. The first kappa shape index (κ1) is 29.6. The summed E-state index contributed by atoms with van der Waals surface area (Å²) >= 11 is 1.56. The van der Waals surface area contributed by atoms with Crippen molar-refractivity contribution in [3.63, 3.8) is 0 Å². The largest absolute Gasteiger partial charge is 0.368 e. The van der Waals surface area contributed by atoms with E-state index in [1.54, 1.807) is 34.7 Å². The maximum absolute atomic E-state index is 12.9. The highest BCUT2D eigenvalue weighted by molar-refractivity contribution is 7.99. The molecule has 0 saturated carbocycles. The number of thioether (sulfide) groups is 1. The summed E-state index contributed by atoms with van der Waals surface area (Å²) in [6.45, 7) is 11.9. The van der Waals surface area contributed by atoms with Gasteiger partial charge in [-0.3, -0.25) is 23.9 Å². The normalized spacial score (nSPS) is 17.9. The van der Waals surface area contributed by atoms with E-state index in [0.29, 0.717) is 43.5 Å². The molecule has 0 unspecified atom stereocenters. The monoisotopic (exact) mass is 590 g/mol. The summed E-state index contributed by atoms with van der Waals surface area (Å²) in [6.07, 6.45) is 5.04. The number of nitrogens with zero attached hydrogens (tertiary/aromatic N) is 7. The topological polar surface area (TPSA) is 107 Å². The first-order valence-electron chi connectivity index (χ1n) is 14.3. The number of hydrogen-bond acceptors (Lipinski definition) is 9. The molecule has 5 rings (SSSR count). The van der Waals surface area contributed by atoms with Gasteiger partial charge in [0.15, 0.2) is 0 Å². The third-order valence-corrected chi connectivity index (χ3v) is 8.51. The minimum Gasteiger partial charge on any atom is -0.368 e. The molecule has 2 aromatic heterocycles. The number of hydrogen-bond donors (Lipinski definition) is 1. The fourth-order valence-electron chi connectivity index (χ4n) is 5.55. The fraction of sp³-hybridized carbons (Fsp3) is 0.433. The second-order valence-corrected chi connectivity index (χ2v) is 11.5. The molecular weight excluding hydrogens is 552 g/mol. The number of fused-ring (bicyclic) bond motifs is 1. The highest BCUT2D eigenvalue weighted by atomic mass is 32.2. The lowest BCUT2D eigenvalue weighted by Crippen LogP contribution is -2.54. The Bertz CT molecular complexity index is 1490. The zero-order chi connectivity index (χ0) is 29.6. The number of rotatable bonds is 9. The van der Waals surface area contributed by atoms with Crippen molar-refractivity contribution in [1.29, 1.82) is 0 Å². The number of carbonyl (C=O) groups excluding carboxylic acids is 2. The van der Waals surface area contributed by atoms with Crippen LogP contribution in [0.15, 0.2) is 60.0 Å². The van der Waals surface area contributed by atoms with Crippen LogP contribution in [0.25, 0.3) is 11.0 Å². The summed E-state index contributed by atoms with van der Waals surface area (Å²) in [5, 5.41) is 4.07. The Morgan fingerprint density at radius 1 is 1.02 bits per heavy atom. The van der Waals surface area contributed by atoms with Crippen molar-refractivity contribution >= 4 is 51.9 Å². The smallest absolute Gasteiger partial charge is 0.252 e. The average Bonchev–Trinajstić information content (AvgIpc) is 3.01.